The van der Waals surface area contributed by atoms with Crippen LogP contribution in [0.4, 0.5) is 0 Å². The molecular formula is C21H18N4O3S. The van der Waals surface area contributed by atoms with Crippen molar-refractivity contribution in [2.75, 3.05) is 10.8 Å². The molecule has 2 amide bonds. The van der Waals surface area contributed by atoms with E-state index in [-0.39, 0.29) is 11.5 Å². The van der Waals surface area contributed by atoms with E-state index in [1.165, 1.54) is 4.68 Å². The number of thioether (sulfide) groups is 1. The fourth-order valence-electron chi connectivity index (χ4n) is 3.16. The molecule has 0 N–H and O–H groups in total. The molecule has 8 heteroatoms. The highest BCUT2D eigenvalue weighted by atomic mass is 32.2. The number of hydrogen-bond acceptors (Lipinski definition) is 6. The summed E-state index contributed by atoms with van der Waals surface area (Å²) in [5, 5.41) is 9.74. The lowest BCUT2D eigenvalue weighted by Crippen LogP contribution is -2.41. The van der Waals surface area contributed by atoms with Crippen molar-refractivity contribution < 1.29 is 14.4 Å². The Labute approximate surface area is 171 Å². The second-order valence-corrected chi connectivity index (χ2v) is 7.45. The molecule has 29 heavy (non-hydrogen) atoms. The Bertz CT molecular complexity index is 1060. The summed E-state index contributed by atoms with van der Waals surface area (Å²) in [6.07, 6.45) is 1.32. The van der Waals surface area contributed by atoms with Crippen molar-refractivity contribution >= 4 is 29.4 Å². The van der Waals surface area contributed by atoms with Crippen LogP contribution in [0.1, 0.15) is 50.2 Å². The number of carbonyl (C=O) groups is 3. The molecule has 1 aliphatic rings. The molecule has 1 aliphatic heterocycles. The smallest absolute Gasteiger partial charge is 0.281 e. The Morgan fingerprint density at radius 3 is 2.17 bits per heavy atom. The monoisotopic (exact) mass is 406 g/mol. The number of hydrogen-bond donors (Lipinski definition) is 0. The van der Waals surface area contributed by atoms with Gasteiger partial charge in [-0.2, -0.15) is 5.01 Å². The minimum Gasteiger partial charge on any atom is -0.293 e. The molecule has 146 valence electrons. The topological polar surface area (TPSA) is 85.2 Å². The van der Waals surface area contributed by atoms with Gasteiger partial charge >= 0.3 is 0 Å². The normalized spacial score (nSPS) is 13.1. The number of aromatic nitrogens is 3. The summed E-state index contributed by atoms with van der Waals surface area (Å²) in [6, 6.07) is 15.7. The van der Waals surface area contributed by atoms with Crippen LogP contribution in [-0.4, -0.2) is 38.2 Å². The number of Topliss-reactive ketones (excluding diaryl/α,β-unsaturated/α-hetero) is 1. The summed E-state index contributed by atoms with van der Waals surface area (Å²) in [6.45, 7) is 1.98. The van der Waals surface area contributed by atoms with Gasteiger partial charge in [-0.3, -0.25) is 14.4 Å². The van der Waals surface area contributed by atoms with Gasteiger partial charge in [-0.1, -0.05) is 61.2 Å². The van der Waals surface area contributed by atoms with E-state index in [2.05, 4.69) is 10.2 Å². The lowest BCUT2D eigenvalue weighted by atomic mass is 10.1. The summed E-state index contributed by atoms with van der Waals surface area (Å²) < 4.78 is 1.46. The van der Waals surface area contributed by atoms with Gasteiger partial charge in [-0.05, 0) is 18.6 Å². The fraction of sp³-hybridized carbons (Fsp3) is 0.190. The predicted molar refractivity (Wildman–Crippen MR) is 109 cm³/mol. The molecule has 1 aromatic heterocycles. The summed E-state index contributed by atoms with van der Waals surface area (Å²) in [5.41, 5.74) is 1.30. The van der Waals surface area contributed by atoms with Crippen molar-refractivity contribution in [2.45, 2.75) is 24.9 Å². The van der Waals surface area contributed by atoms with E-state index in [0.29, 0.717) is 34.1 Å². The number of amides is 2. The average Bonchev–Trinajstić information content (AvgIpc) is 3.25. The van der Waals surface area contributed by atoms with Crippen LogP contribution in [0.25, 0.3) is 0 Å². The quantitative estimate of drug-likeness (QED) is 0.340. The number of nitrogens with zero attached hydrogens (tertiary/aromatic N) is 4. The van der Waals surface area contributed by atoms with E-state index in [9.17, 15) is 14.4 Å². The van der Waals surface area contributed by atoms with E-state index in [1.807, 2.05) is 13.0 Å². The predicted octanol–water partition coefficient (Wildman–Crippen LogP) is 3.14. The zero-order valence-corrected chi connectivity index (χ0v) is 16.6. The second-order valence-electron chi connectivity index (χ2n) is 6.51. The highest BCUT2D eigenvalue weighted by molar-refractivity contribution is 7.99. The van der Waals surface area contributed by atoms with Crippen LogP contribution in [0.3, 0.4) is 0 Å². The molecule has 0 bridgehead atoms. The Balaban J connectivity index is 1.65. The van der Waals surface area contributed by atoms with Gasteiger partial charge in [0, 0.05) is 12.0 Å². The molecule has 0 spiro atoms. The third-order valence-electron chi connectivity index (χ3n) is 4.55. The van der Waals surface area contributed by atoms with E-state index in [1.54, 1.807) is 48.5 Å². The number of fused-ring (bicyclic) bond motifs is 1. The minimum absolute atomic E-state index is 0.0652. The van der Waals surface area contributed by atoms with Gasteiger partial charge in [0.05, 0.1) is 16.9 Å². The first kappa shape index (κ1) is 19.1. The second kappa shape index (κ2) is 8.00. The molecule has 2 heterocycles. The highest BCUT2D eigenvalue weighted by Crippen LogP contribution is 2.26. The van der Waals surface area contributed by atoms with Crippen LogP contribution in [0.2, 0.25) is 0 Å². The molecule has 7 nitrogen and oxygen atoms in total. The van der Waals surface area contributed by atoms with Crippen LogP contribution in [0.5, 0.6) is 0 Å². The Kier molecular flexibility index (Phi) is 5.26. The number of aryl methyl sites for hydroxylation is 1. The maximum Gasteiger partial charge on any atom is 0.281 e. The molecule has 0 unspecified atom stereocenters. The zero-order chi connectivity index (χ0) is 20.4. The van der Waals surface area contributed by atoms with Crippen molar-refractivity contribution in [1.29, 1.82) is 0 Å². The largest absolute Gasteiger partial charge is 0.293 e. The van der Waals surface area contributed by atoms with E-state index in [4.69, 9.17) is 0 Å². The lowest BCUT2D eigenvalue weighted by Gasteiger charge is -2.18. The van der Waals surface area contributed by atoms with Gasteiger partial charge in [0.2, 0.25) is 5.16 Å². The molecule has 0 fully saturated rings. The van der Waals surface area contributed by atoms with Gasteiger partial charge in [0.15, 0.2) is 11.6 Å². The first-order valence-corrected chi connectivity index (χ1v) is 10.2. The zero-order valence-electron chi connectivity index (χ0n) is 15.7. The van der Waals surface area contributed by atoms with Crippen molar-refractivity contribution in [2.24, 2.45) is 0 Å². The van der Waals surface area contributed by atoms with Crippen LogP contribution in [-0.2, 0) is 6.42 Å². The van der Waals surface area contributed by atoms with Gasteiger partial charge in [0.1, 0.15) is 0 Å². The molecule has 0 atom stereocenters. The Morgan fingerprint density at radius 1 is 0.931 bits per heavy atom. The molecule has 0 aliphatic carbocycles. The average molecular weight is 406 g/mol. The van der Waals surface area contributed by atoms with Crippen LogP contribution in [0, 0.1) is 0 Å². The summed E-state index contributed by atoms with van der Waals surface area (Å²) >= 11 is 1.16. The van der Waals surface area contributed by atoms with Crippen molar-refractivity contribution in [3.63, 3.8) is 0 Å². The summed E-state index contributed by atoms with van der Waals surface area (Å²) in [4.78, 5) is 38.3. The molecule has 4 rings (SSSR count). The van der Waals surface area contributed by atoms with E-state index in [0.717, 1.165) is 23.2 Å². The van der Waals surface area contributed by atoms with Crippen LogP contribution < -0.4 is 5.01 Å². The van der Waals surface area contributed by atoms with Crippen LogP contribution >= 0.6 is 11.8 Å². The molecule has 0 saturated heterocycles. The van der Waals surface area contributed by atoms with Crippen molar-refractivity contribution in [3.05, 3.63) is 77.1 Å². The first-order valence-electron chi connectivity index (χ1n) is 9.25. The third kappa shape index (κ3) is 3.47. The lowest BCUT2D eigenvalue weighted by molar-refractivity contribution is 0.0879. The van der Waals surface area contributed by atoms with Gasteiger partial charge in [-0.25, -0.2) is 4.68 Å². The van der Waals surface area contributed by atoms with E-state index < -0.39 is 11.8 Å². The third-order valence-corrected chi connectivity index (χ3v) is 5.47. The number of benzene rings is 2. The molecular weight excluding hydrogens is 388 g/mol. The van der Waals surface area contributed by atoms with Crippen LogP contribution in [0.15, 0.2) is 59.8 Å². The van der Waals surface area contributed by atoms with Gasteiger partial charge in [-0.15, -0.1) is 10.2 Å². The first-order chi connectivity index (χ1) is 14.1. The minimum atomic E-state index is -0.418. The SMILES string of the molecule is CCCc1nnc(SCC(=O)c2ccccc2)n1N1C(=O)c2ccccc2C1=O. The summed E-state index contributed by atoms with van der Waals surface area (Å²) in [5.74, 6) is -0.267. The maximum absolute atomic E-state index is 12.9. The number of rotatable bonds is 7. The maximum atomic E-state index is 12.9. The standard InChI is InChI=1S/C21H18N4O3S/c1-2-8-18-22-23-21(29-13-17(26)14-9-4-3-5-10-14)24(18)25-19(27)15-11-6-7-12-16(15)20(25)28/h3-7,9-12H,2,8,13H2,1H3. The Morgan fingerprint density at radius 2 is 1.55 bits per heavy atom. The van der Waals surface area contributed by atoms with Crippen molar-refractivity contribution in [1.82, 2.24) is 14.9 Å². The number of carbonyl (C=O) groups excluding carboxylic acids is 3. The molecule has 2 aromatic carbocycles. The van der Waals surface area contributed by atoms with Gasteiger partial charge < -0.3 is 0 Å². The fourth-order valence-corrected chi connectivity index (χ4v) is 4.00. The summed E-state index contributed by atoms with van der Waals surface area (Å²) in [7, 11) is 0. The highest BCUT2D eigenvalue weighted by Gasteiger charge is 2.39. The van der Waals surface area contributed by atoms with Gasteiger partial charge in [0.25, 0.3) is 11.8 Å². The number of imide groups is 1. The van der Waals surface area contributed by atoms with E-state index >= 15 is 0 Å². The Hall–Kier alpha value is -3.26. The molecule has 0 radical (unpaired) electrons. The molecule has 0 saturated carbocycles. The van der Waals surface area contributed by atoms with Crippen molar-refractivity contribution in [3.8, 4) is 0 Å². The molecule has 3 aromatic rings. The number of ketones is 1.